The van der Waals surface area contributed by atoms with E-state index in [1.54, 1.807) is 21.3 Å². The second-order valence-electron chi connectivity index (χ2n) is 2.95. The van der Waals surface area contributed by atoms with Crippen LogP contribution in [0.1, 0.15) is 20.8 Å². The van der Waals surface area contributed by atoms with Gasteiger partial charge in [-0.25, -0.2) is 0 Å². The van der Waals surface area contributed by atoms with Gasteiger partial charge in [0.05, 0.1) is 17.5 Å². The molecule has 3 nitrogen and oxygen atoms in total. The minimum atomic E-state index is -0.411. The Hall–Kier alpha value is 0.310. The Morgan fingerprint density at radius 1 is 0.692 bits per heavy atom. The van der Waals surface area contributed by atoms with Gasteiger partial charge in [-0.1, -0.05) is 0 Å². The van der Waals surface area contributed by atoms with Crippen LogP contribution >= 0.6 is 7.92 Å². The maximum absolute atomic E-state index is 5.33. The van der Waals surface area contributed by atoms with Crippen molar-refractivity contribution in [2.24, 2.45) is 0 Å². The van der Waals surface area contributed by atoms with Crippen LogP contribution in [0.25, 0.3) is 0 Å². The zero-order valence-corrected chi connectivity index (χ0v) is 10.3. The lowest BCUT2D eigenvalue weighted by molar-refractivity contribution is 0.130. The number of hydrogen-bond acceptors (Lipinski definition) is 3. The van der Waals surface area contributed by atoms with Crippen molar-refractivity contribution in [3.8, 4) is 0 Å². The van der Waals surface area contributed by atoms with Crippen molar-refractivity contribution >= 4 is 7.92 Å². The highest BCUT2D eigenvalue weighted by Gasteiger charge is 2.28. The van der Waals surface area contributed by atoms with Gasteiger partial charge in [0.15, 0.2) is 0 Å². The Bertz CT molecular complexity index is 108. The van der Waals surface area contributed by atoms with Crippen LogP contribution in [0.2, 0.25) is 0 Å². The minimum absolute atomic E-state index is 0.208. The standard InChI is InChI=1S/C9H21O3P/c1-7(10-4)13(8(2)11-5)9(3)12-6/h7-9H,1-6H3. The summed E-state index contributed by atoms with van der Waals surface area (Å²) in [5.41, 5.74) is 0. The summed E-state index contributed by atoms with van der Waals surface area (Å²) in [5.74, 6) is 0.625. The summed E-state index contributed by atoms with van der Waals surface area (Å²) in [6.45, 7) is 6.20. The molecule has 0 rings (SSSR count). The van der Waals surface area contributed by atoms with Gasteiger partial charge in [0.2, 0.25) is 0 Å². The maximum atomic E-state index is 5.33. The molecular weight excluding hydrogens is 187 g/mol. The van der Waals surface area contributed by atoms with Crippen LogP contribution in [0.15, 0.2) is 0 Å². The summed E-state index contributed by atoms with van der Waals surface area (Å²) in [7, 11) is 4.77. The van der Waals surface area contributed by atoms with Crippen LogP contribution < -0.4 is 0 Å². The molecule has 0 heterocycles. The monoisotopic (exact) mass is 208 g/mol. The third-order valence-corrected chi connectivity index (χ3v) is 5.43. The Morgan fingerprint density at radius 2 is 0.923 bits per heavy atom. The first kappa shape index (κ1) is 13.3. The zero-order chi connectivity index (χ0) is 10.4. The molecule has 0 saturated heterocycles. The minimum Gasteiger partial charge on any atom is -0.377 e. The fraction of sp³-hybridized carbons (Fsp3) is 1.00. The molecule has 0 aliphatic rings. The van der Waals surface area contributed by atoms with Crippen molar-refractivity contribution in [2.45, 2.75) is 38.3 Å². The van der Waals surface area contributed by atoms with Crippen LogP contribution in [0.4, 0.5) is 0 Å². The molecule has 0 N–H and O–H groups in total. The van der Waals surface area contributed by atoms with Gasteiger partial charge in [0.1, 0.15) is 0 Å². The number of rotatable bonds is 6. The highest BCUT2D eigenvalue weighted by molar-refractivity contribution is 7.59. The van der Waals surface area contributed by atoms with E-state index >= 15 is 0 Å². The molecule has 13 heavy (non-hydrogen) atoms. The molecule has 3 atom stereocenters. The van der Waals surface area contributed by atoms with Gasteiger partial charge in [-0.05, 0) is 28.7 Å². The topological polar surface area (TPSA) is 27.7 Å². The first-order valence-electron chi connectivity index (χ1n) is 4.44. The summed E-state index contributed by atoms with van der Waals surface area (Å²) in [4.78, 5) is 0. The molecule has 0 radical (unpaired) electrons. The fourth-order valence-electron chi connectivity index (χ4n) is 1.25. The van der Waals surface area contributed by atoms with Gasteiger partial charge in [-0.3, -0.25) is 0 Å². The first-order valence-corrected chi connectivity index (χ1v) is 5.99. The Morgan fingerprint density at radius 3 is 1.08 bits per heavy atom. The molecule has 0 aromatic carbocycles. The van der Waals surface area contributed by atoms with E-state index < -0.39 is 7.92 Å². The van der Waals surface area contributed by atoms with E-state index in [0.717, 1.165) is 0 Å². The molecule has 0 spiro atoms. The predicted octanol–water partition coefficient (Wildman–Crippen LogP) is 2.45. The van der Waals surface area contributed by atoms with Gasteiger partial charge in [-0.2, -0.15) is 0 Å². The van der Waals surface area contributed by atoms with E-state index in [-0.39, 0.29) is 17.5 Å². The zero-order valence-electron chi connectivity index (χ0n) is 9.40. The first-order chi connectivity index (χ1) is 6.08. The predicted molar refractivity (Wildman–Crippen MR) is 56.3 cm³/mol. The fourth-order valence-corrected chi connectivity index (χ4v) is 3.76. The third kappa shape index (κ3) is 3.90. The molecular formula is C9H21O3P. The van der Waals surface area contributed by atoms with E-state index in [9.17, 15) is 0 Å². The average Bonchev–Trinajstić information content (AvgIpc) is 2.16. The number of hydrogen-bond donors (Lipinski definition) is 0. The van der Waals surface area contributed by atoms with E-state index in [0.29, 0.717) is 0 Å². The molecule has 0 aromatic heterocycles. The summed E-state index contributed by atoms with van der Waals surface area (Å²) in [5, 5.41) is 0. The van der Waals surface area contributed by atoms with Crippen LogP contribution in [0.5, 0.6) is 0 Å². The maximum Gasteiger partial charge on any atom is 0.0783 e. The largest absolute Gasteiger partial charge is 0.377 e. The summed E-state index contributed by atoms with van der Waals surface area (Å²) in [6.07, 6.45) is 0. The smallest absolute Gasteiger partial charge is 0.0783 e. The van der Waals surface area contributed by atoms with E-state index in [2.05, 4.69) is 20.8 Å². The van der Waals surface area contributed by atoms with Crippen molar-refractivity contribution in [3.05, 3.63) is 0 Å². The van der Waals surface area contributed by atoms with Crippen molar-refractivity contribution < 1.29 is 14.2 Å². The molecule has 4 heteroatoms. The Labute approximate surface area is 82.5 Å². The average molecular weight is 208 g/mol. The quantitative estimate of drug-likeness (QED) is 0.627. The van der Waals surface area contributed by atoms with E-state index in [4.69, 9.17) is 14.2 Å². The third-order valence-electron chi connectivity index (χ3n) is 2.28. The van der Waals surface area contributed by atoms with Crippen LogP contribution in [-0.2, 0) is 14.2 Å². The lowest BCUT2D eigenvalue weighted by atomic mass is 10.8. The molecule has 80 valence electrons. The van der Waals surface area contributed by atoms with Crippen LogP contribution in [0, 0.1) is 0 Å². The van der Waals surface area contributed by atoms with Gasteiger partial charge in [0.25, 0.3) is 0 Å². The van der Waals surface area contributed by atoms with Crippen molar-refractivity contribution in [3.63, 3.8) is 0 Å². The van der Waals surface area contributed by atoms with Gasteiger partial charge in [0, 0.05) is 21.3 Å². The molecule has 0 aliphatic heterocycles. The normalized spacial score (nSPS) is 20.8. The van der Waals surface area contributed by atoms with E-state index in [1.807, 2.05) is 0 Å². The lowest BCUT2D eigenvalue weighted by Gasteiger charge is -2.32. The number of methoxy groups -OCH3 is 3. The van der Waals surface area contributed by atoms with E-state index in [1.165, 1.54) is 0 Å². The molecule has 0 aliphatic carbocycles. The van der Waals surface area contributed by atoms with Crippen LogP contribution in [-0.4, -0.2) is 38.9 Å². The van der Waals surface area contributed by atoms with Crippen LogP contribution in [0.3, 0.4) is 0 Å². The molecule has 3 unspecified atom stereocenters. The summed E-state index contributed by atoms with van der Waals surface area (Å²) >= 11 is 0. The highest BCUT2D eigenvalue weighted by atomic mass is 31.1. The SMILES string of the molecule is COC(C)P(C(C)OC)C(C)OC. The van der Waals surface area contributed by atoms with Gasteiger partial charge < -0.3 is 14.2 Å². The van der Waals surface area contributed by atoms with Gasteiger partial charge >= 0.3 is 0 Å². The second kappa shape index (κ2) is 6.72. The Balaban J connectivity index is 4.34. The van der Waals surface area contributed by atoms with Crippen molar-refractivity contribution in [2.75, 3.05) is 21.3 Å². The molecule has 0 saturated carbocycles. The molecule has 0 fully saturated rings. The number of ether oxygens (including phenoxy) is 3. The molecule has 0 bridgehead atoms. The lowest BCUT2D eigenvalue weighted by Crippen LogP contribution is -2.21. The summed E-state index contributed by atoms with van der Waals surface area (Å²) in [6, 6.07) is 0. The molecule has 0 aromatic rings. The van der Waals surface area contributed by atoms with Gasteiger partial charge in [-0.15, -0.1) is 0 Å². The Kier molecular flexibility index (Phi) is 6.88. The second-order valence-corrected chi connectivity index (χ2v) is 6.03. The summed E-state index contributed by atoms with van der Waals surface area (Å²) < 4.78 is 16.0. The molecule has 0 amide bonds. The highest BCUT2D eigenvalue weighted by Crippen LogP contribution is 2.51. The van der Waals surface area contributed by atoms with Crippen molar-refractivity contribution in [1.29, 1.82) is 0 Å². The van der Waals surface area contributed by atoms with Crippen molar-refractivity contribution in [1.82, 2.24) is 0 Å².